The van der Waals surface area contributed by atoms with E-state index in [0.717, 1.165) is 19.6 Å². The van der Waals surface area contributed by atoms with Gasteiger partial charge in [0.2, 0.25) is 11.8 Å². The molecule has 2 rings (SSSR count). The zero-order valence-corrected chi connectivity index (χ0v) is 9.99. The third kappa shape index (κ3) is 3.17. The van der Waals surface area contributed by atoms with Crippen LogP contribution in [-0.4, -0.2) is 50.2 Å². The molecule has 3 N–H and O–H groups in total. The molecule has 2 aliphatic rings. The van der Waals surface area contributed by atoms with E-state index in [1.165, 1.54) is 0 Å². The van der Waals surface area contributed by atoms with E-state index < -0.39 is 0 Å². The van der Waals surface area contributed by atoms with Crippen LogP contribution in [0.5, 0.6) is 0 Å². The van der Waals surface area contributed by atoms with Gasteiger partial charge in [-0.15, -0.1) is 0 Å². The molecule has 0 aliphatic carbocycles. The Balaban J connectivity index is 1.77. The summed E-state index contributed by atoms with van der Waals surface area (Å²) in [4.78, 5) is 22.8. The summed E-state index contributed by atoms with van der Waals surface area (Å²) in [7, 11) is 0. The molecule has 2 heterocycles. The Morgan fingerprint density at radius 1 is 1.59 bits per heavy atom. The zero-order chi connectivity index (χ0) is 12.3. The number of nitrogens with one attached hydrogen (secondary N) is 3. The summed E-state index contributed by atoms with van der Waals surface area (Å²) in [5, 5.41) is 8.55. The molecule has 0 aromatic rings. The highest BCUT2D eigenvalue weighted by molar-refractivity contribution is 5.86. The molecule has 3 unspecified atom stereocenters. The minimum atomic E-state index is -0.322. The van der Waals surface area contributed by atoms with Crippen LogP contribution in [0.2, 0.25) is 0 Å². The molecule has 2 aliphatic heterocycles. The number of carbonyl (C=O) groups is 2. The summed E-state index contributed by atoms with van der Waals surface area (Å²) in [5.41, 5.74) is 0. The molecule has 2 amide bonds. The number of hydrogen-bond acceptors (Lipinski definition) is 4. The van der Waals surface area contributed by atoms with Crippen molar-refractivity contribution in [1.29, 1.82) is 0 Å². The lowest BCUT2D eigenvalue weighted by Crippen LogP contribution is -2.59. The molecule has 0 bridgehead atoms. The van der Waals surface area contributed by atoms with E-state index in [9.17, 15) is 9.59 Å². The molecule has 2 saturated heterocycles. The van der Waals surface area contributed by atoms with Crippen LogP contribution >= 0.6 is 0 Å². The Morgan fingerprint density at radius 3 is 3.00 bits per heavy atom. The van der Waals surface area contributed by atoms with Gasteiger partial charge < -0.3 is 15.4 Å². The van der Waals surface area contributed by atoms with Crippen molar-refractivity contribution < 1.29 is 14.3 Å². The Kier molecular flexibility index (Phi) is 3.96. The van der Waals surface area contributed by atoms with E-state index in [2.05, 4.69) is 16.0 Å². The quantitative estimate of drug-likeness (QED) is 0.569. The van der Waals surface area contributed by atoms with Gasteiger partial charge in [-0.2, -0.15) is 0 Å². The lowest BCUT2D eigenvalue weighted by Gasteiger charge is -2.26. The minimum Gasteiger partial charge on any atom is -0.381 e. The first-order chi connectivity index (χ1) is 8.16. The lowest BCUT2D eigenvalue weighted by molar-refractivity contribution is -0.127. The van der Waals surface area contributed by atoms with Gasteiger partial charge in [0, 0.05) is 25.1 Å². The molecule has 96 valence electrons. The summed E-state index contributed by atoms with van der Waals surface area (Å²) in [6.07, 6.45) is 0.996. The standard InChI is InChI=1S/C11H19N3O3/c1-7(8-2-3-17-6-8)14-11(16)9-4-13-10(15)5-12-9/h7-9,12H,2-6H2,1H3,(H,13,15)(H,14,16). The van der Waals surface area contributed by atoms with E-state index in [1.54, 1.807) is 0 Å². The van der Waals surface area contributed by atoms with Crippen LogP contribution in [0.4, 0.5) is 0 Å². The van der Waals surface area contributed by atoms with Crippen molar-refractivity contribution >= 4 is 11.8 Å². The van der Waals surface area contributed by atoms with Crippen molar-refractivity contribution in [2.45, 2.75) is 25.4 Å². The average Bonchev–Trinajstić information content (AvgIpc) is 2.83. The molecular formula is C11H19N3O3. The predicted molar refractivity (Wildman–Crippen MR) is 61.3 cm³/mol. The van der Waals surface area contributed by atoms with E-state index in [1.807, 2.05) is 6.92 Å². The van der Waals surface area contributed by atoms with Crippen molar-refractivity contribution in [2.24, 2.45) is 5.92 Å². The fourth-order valence-corrected chi connectivity index (χ4v) is 2.14. The Hall–Kier alpha value is -1.14. The van der Waals surface area contributed by atoms with Crippen molar-refractivity contribution in [3.8, 4) is 0 Å². The largest absolute Gasteiger partial charge is 0.381 e. The number of rotatable bonds is 3. The molecule has 0 spiro atoms. The van der Waals surface area contributed by atoms with E-state index in [4.69, 9.17) is 4.74 Å². The lowest BCUT2D eigenvalue weighted by atomic mass is 10.0. The molecule has 6 heteroatoms. The monoisotopic (exact) mass is 241 g/mol. The van der Waals surface area contributed by atoms with Crippen LogP contribution in [-0.2, 0) is 14.3 Å². The Labute approximate surface area is 100 Å². The Bertz CT molecular complexity index is 292. The molecule has 3 atom stereocenters. The summed E-state index contributed by atoms with van der Waals surface area (Å²) in [5.74, 6) is 0.285. The molecule has 0 aromatic carbocycles. The van der Waals surface area contributed by atoms with Gasteiger partial charge >= 0.3 is 0 Å². The maximum absolute atomic E-state index is 11.9. The van der Waals surface area contributed by atoms with Crippen LogP contribution < -0.4 is 16.0 Å². The van der Waals surface area contributed by atoms with Crippen LogP contribution in [0.1, 0.15) is 13.3 Å². The van der Waals surface area contributed by atoms with Crippen molar-refractivity contribution in [3.63, 3.8) is 0 Å². The molecule has 0 aromatic heterocycles. The second-order valence-electron chi connectivity index (χ2n) is 4.66. The van der Waals surface area contributed by atoms with E-state index in [0.29, 0.717) is 12.5 Å². The van der Waals surface area contributed by atoms with Gasteiger partial charge in [0.05, 0.1) is 13.2 Å². The third-order valence-corrected chi connectivity index (χ3v) is 3.37. The average molecular weight is 241 g/mol. The van der Waals surface area contributed by atoms with Gasteiger partial charge in [0.1, 0.15) is 6.04 Å². The smallest absolute Gasteiger partial charge is 0.239 e. The highest BCUT2D eigenvalue weighted by Crippen LogP contribution is 2.16. The number of hydrogen-bond donors (Lipinski definition) is 3. The fraction of sp³-hybridized carbons (Fsp3) is 0.818. The van der Waals surface area contributed by atoms with Crippen molar-refractivity contribution in [3.05, 3.63) is 0 Å². The van der Waals surface area contributed by atoms with Crippen LogP contribution in [0.3, 0.4) is 0 Å². The summed E-state index contributed by atoms with van der Waals surface area (Å²) >= 11 is 0. The topological polar surface area (TPSA) is 79.5 Å². The van der Waals surface area contributed by atoms with Crippen LogP contribution in [0, 0.1) is 5.92 Å². The first-order valence-electron chi connectivity index (χ1n) is 6.05. The van der Waals surface area contributed by atoms with Crippen molar-refractivity contribution in [2.75, 3.05) is 26.3 Å². The van der Waals surface area contributed by atoms with Gasteiger partial charge in [-0.3, -0.25) is 14.9 Å². The van der Waals surface area contributed by atoms with E-state index >= 15 is 0 Å². The maximum Gasteiger partial charge on any atom is 0.239 e. The predicted octanol–water partition coefficient (Wildman–Crippen LogP) is -1.38. The second kappa shape index (κ2) is 5.46. The minimum absolute atomic E-state index is 0.0515. The molecular weight excluding hydrogens is 222 g/mol. The van der Waals surface area contributed by atoms with Gasteiger partial charge in [0.15, 0.2) is 0 Å². The highest BCUT2D eigenvalue weighted by atomic mass is 16.5. The number of carbonyl (C=O) groups excluding carboxylic acids is 2. The first kappa shape index (κ1) is 12.3. The molecule has 17 heavy (non-hydrogen) atoms. The third-order valence-electron chi connectivity index (χ3n) is 3.37. The fourth-order valence-electron chi connectivity index (χ4n) is 2.14. The number of piperazine rings is 1. The van der Waals surface area contributed by atoms with Crippen LogP contribution in [0.15, 0.2) is 0 Å². The van der Waals surface area contributed by atoms with E-state index in [-0.39, 0.29) is 30.4 Å². The Morgan fingerprint density at radius 2 is 2.41 bits per heavy atom. The SMILES string of the molecule is CC(NC(=O)C1CNC(=O)CN1)C1CCOC1. The molecule has 0 saturated carbocycles. The second-order valence-corrected chi connectivity index (χ2v) is 4.66. The van der Waals surface area contributed by atoms with Crippen molar-refractivity contribution in [1.82, 2.24) is 16.0 Å². The number of ether oxygens (including phenoxy) is 1. The van der Waals surface area contributed by atoms with Gasteiger partial charge in [-0.25, -0.2) is 0 Å². The molecule has 2 fully saturated rings. The highest BCUT2D eigenvalue weighted by Gasteiger charge is 2.28. The zero-order valence-electron chi connectivity index (χ0n) is 9.99. The summed E-state index contributed by atoms with van der Waals surface area (Å²) in [6, 6.07) is -0.207. The van der Waals surface area contributed by atoms with Gasteiger partial charge in [-0.05, 0) is 13.3 Å². The summed E-state index contributed by atoms with van der Waals surface area (Å²) < 4.78 is 5.30. The number of amides is 2. The first-order valence-corrected chi connectivity index (χ1v) is 6.05. The van der Waals surface area contributed by atoms with Gasteiger partial charge in [-0.1, -0.05) is 0 Å². The normalized spacial score (nSPS) is 30.8. The maximum atomic E-state index is 11.9. The molecule has 0 radical (unpaired) electrons. The van der Waals surface area contributed by atoms with Gasteiger partial charge in [0.25, 0.3) is 0 Å². The van der Waals surface area contributed by atoms with Crippen LogP contribution in [0.25, 0.3) is 0 Å². The molecule has 6 nitrogen and oxygen atoms in total. The summed E-state index contributed by atoms with van der Waals surface area (Å²) in [6.45, 7) is 4.06.